The Balaban J connectivity index is 2.48. The van der Waals surface area contributed by atoms with Crippen molar-refractivity contribution in [3.63, 3.8) is 0 Å². The van der Waals surface area contributed by atoms with Gasteiger partial charge in [0.05, 0.1) is 17.0 Å². The third kappa shape index (κ3) is 2.77. The summed E-state index contributed by atoms with van der Waals surface area (Å²) < 4.78 is 6.42. The molecule has 0 saturated carbocycles. The Morgan fingerprint density at radius 2 is 2.11 bits per heavy atom. The van der Waals surface area contributed by atoms with E-state index in [0.29, 0.717) is 0 Å². The van der Waals surface area contributed by atoms with Gasteiger partial charge in [0, 0.05) is 14.9 Å². The fourth-order valence-corrected chi connectivity index (χ4v) is 4.38. The van der Waals surface area contributed by atoms with Gasteiger partial charge in [-0.3, -0.25) is 0 Å². The van der Waals surface area contributed by atoms with Crippen molar-refractivity contribution in [3.05, 3.63) is 49.1 Å². The zero-order chi connectivity index (χ0) is 13.3. The van der Waals surface area contributed by atoms with E-state index in [1.807, 2.05) is 25.1 Å². The molecule has 0 saturated heterocycles. The topological polar surface area (TPSA) is 9.23 Å². The number of thiophene rings is 1. The van der Waals surface area contributed by atoms with Crippen molar-refractivity contribution >= 4 is 54.8 Å². The molecule has 96 valence electrons. The number of methoxy groups -OCH3 is 1. The summed E-state index contributed by atoms with van der Waals surface area (Å²) >= 11 is 15.2. The molecule has 0 radical (unpaired) electrons. The smallest absolute Gasteiger partial charge is 0.123 e. The van der Waals surface area contributed by atoms with Crippen LogP contribution in [0.1, 0.15) is 20.8 Å². The first-order chi connectivity index (χ1) is 8.54. The summed E-state index contributed by atoms with van der Waals surface area (Å²) in [6.07, 6.45) is 0. The third-order valence-electron chi connectivity index (χ3n) is 2.62. The Morgan fingerprint density at radius 1 is 1.39 bits per heavy atom. The molecule has 1 atom stereocenters. The number of alkyl halides is 1. The minimum absolute atomic E-state index is 0.0381. The van der Waals surface area contributed by atoms with Crippen LogP contribution in [-0.4, -0.2) is 7.11 Å². The van der Waals surface area contributed by atoms with E-state index in [0.717, 1.165) is 31.2 Å². The first-order valence-corrected chi connectivity index (χ1v) is 8.22. The van der Waals surface area contributed by atoms with Crippen molar-refractivity contribution in [3.8, 4) is 5.75 Å². The summed E-state index contributed by atoms with van der Waals surface area (Å²) in [6, 6.07) is 5.95. The Kier molecular flexibility index (Phi) is 4.75. The Bertz CT molecular complexity index is 568. The van der Waals surface area contributed by atoms with Crippen molar-refractivity contribution in [1.29, 1.82) is 0 Å². The van der Waals surface area contributed by atoms with Gasteiger partial charge in [-0.05, 0) is 36.1 Å². The molecule has 5 heteroatoms. The minimum atomic E-state index is 0.0381. The molecule has 1 nitrogen and oxygen atoms in total. The molecule has 0 spiro atoms. The lowest BCUT2D eigenvalue weighted by Gasteiger charge is -2.14. The van der Waals surface area contributed by atoms with E-state index in [1.54, 1.807) is 18.4 Å². The van der Waals surface area contributed by atoms with Crippen molar-refractivity contribution in [1.82, 2.24) is 0 Å². The van der Waals surface area contributed by atoms with E-state index in [1.165, 1.54) is 0 Å². The number of hydrogen-bond donors (Lipinski definition) is 0. The molecular weight excluding hydrogens is 399 g/mol. The number of benzene rings is 1. The summed E-state index contributed by atoms with van der Waals surface area (Å²) in [5, 5.41) is 2.89. The predicted octanol–water partition coefficient (Wildman–Crippen LogP) is 5.97. The lowest BCUT2D eigenvalue weighted by Crippen LogP contribution is -1.96. The van der Waals surface area contributed by atoms with Gasteiger partial charge in [0.25, 0.3) is 0 Å². The average Bonchev–Trinajstić information content (AvgIpc) is 2.69. The molecule has 0 aliphatic heterocycles. The number of aryl methyl sites for hydroxylation is 1. The lowest BCUT2D eigenvalue weighted by molar-refractivity contribution is 0.410. The first-order valence-electron chi connectivity index (χ1n) is 5.25. The highest BCUT2D eigenvalue weighted by molar-refractivity contribution is 9.10. The van der Waals surface area contributed by atoms with Crippen LogP contribution in [0.3, 0.4) is 0 Å². The Morgan fingerprint density at radius 3 is 2.67 bits per heavy atom. The number of halogens is 3. The molecule has 0 amide bonds. The molecule has 1 heterocycles. The van der Waals surface area contributed by atoms with Crippen LogP contribution < -0.4 is 4.74 Å². The quantitative estimate of drug-likeness (QED) is 0.567. The van der Waals surface area contributed by atoms with Gasteiger partial charge in [0.15, 0.2) is 0 Å². The molecule has 0 aliphatic carbocycles. The van der Waals surface area contributed by atoms with Crippen LogP contribution in [0.25, 0.3) is 0 Å². The third-order valence-corrected chi connectivity index (χ3v) is 6.15. The maximum atomic E-state index is 6.32. The molecule has 0 bridgehead atoms. The zero-order valence-electron chi connectivity index (χ0n) is 9.84. The van der Waals surface area contributed by atoms with Crippen molar-refractivity contribution in [2.75, 3.05) is 7.11 Å². The zero-order valence-corrected chi connectivity index (χ0v) is 14.6. The van der Waals surface area contributed by atoms with Gasteiger partial charge in [0.1, 0.15) is 5.75 Å². The van der Waals surface area contributed by atoms with Gasteiger partial charge in [-0.1, -0.05) is 43.5 Å². The molecule has 0 N–H and O–H groups in total. The summed E-state index contributed by atoms with van der Waals surface area (Å²) in [4.78, 5) is 1.14. The fraction of sp³-hybridized carbons (Fsp3) is 0.231. The molecule has 1 aromatic carbocycles. The van der Waals surface area contributed by atoms with Gasteiger partial charge in [0.2, 0.25) is 0 Å². The van der Waals surface area contributed by atoms with Gasteiger partial charge >= 0.3 is 0 Å². The molecule has 0 fully saturated rings. The fourth-order valence-electron chi connectivity index (χ4n) is 1.67. The Hall–Kier alpha value is -0.0300. The molecule has 18 heavy (non-hydrogen) atoms. The van der Waals surface area contributed by atoms with Crippen LogP contribution in [0.2, 0.25) is 5.02 Å². The van der Waals surface area contributed by atoms with E-state index in [4.69, 9.17) is 16.3 Å². The molecular formula is C13H11Br2ClOS. The predicted molar refractivity (Wildman–Crippen MR) is 85.5 cm³/mol. The number of ether oxygens (including phenoxy) is 1. The van der Waals surface area contributed by atoms with E-state index in [2.05, 4.69) is 37.2 Å². The number of hydrogen-bond acceptors (Lipinski definition) is 2. The lowest BCUT2D eigenvalue weighted by atomic mass is 10.1. The van der Waals surface area contributed by atoms with Crippen molar-refractivity contribution in [2.45, 2.75) is 11.8 Å². The van der Waals surface area contributed by atoms with Crippen molar-refractivity contribution in [2.24, 2.45) is 0 Å². The molecule has 2 rings (SSSR count). The van der Waals surface area contributed by atoms with Crippen LogP contribution in [0, 0.1) is 6.92 Å². The van der Waals surface area contributed by atoms with E-state index in [9.17, 15) is 0 Å². The normalized spacial score (nSPS) is 12.5. The second kappa shape index (κ2) is 5.95. The Labute approximate surface area is 132 Å². The number of rotatable bonds is 3. The van der Waals surface area contributed by atoms with Crippen LogP contribution in [0.15, 0.2) is 28.1 Å². The standard InChI is InChI=1S/C13H11Br2ClOS/c1-7-6-18-13(12(7)16)11(15)9-5-8(14)3-4-10(9)17-2/h3-6,11H,1-2H3. The second-order valence-corrected chi connectivity index (χ2v) is 6.97. The highest BCUT2D eigenvalue weighted by atomic mass is 79.9. The van der Waals surface area contributed by atoms with E-state index >= 15 is 0 Å². The maximum absolute atomic E-state index is 6.32. The molecule has 1 unspecified atom stereocenters. The SMILES string of the molecule is COc1ccc(Br)cc1C(Br)c1scc(C)c1Cl. The largest absolute Gasteiger partial charge is 0.496 e. The van der Waals surface area contributed by atoms with Crippen molar-refractivity contribution < 1.29 is 4.74 Å². The van der Waals surface area contributed by atoms with Crippen LogP contribution in [0.4, 0.5) is 0 Å². The maximum Gasteiger partial charge on any atom is 0.123 e. The van der Waals surface area contributed by atoms with Crippen LogP contribution in [-0.2, 0) is 0 Å². The van der Waals surface area contributed by atoms with Crippen LogP contribution >= 0.6 is 54.8 Å². The monoisotopic (exact) mass is 408 g/mol. The van der Waals surface area contributed by atoms with Crippen LogP contribution in [0.5, 0.6) is 5.75 Å². The second-order valence-electron chi connectivity index (χ2n) is 3.85. The molecule has 0 aliphatic rings. The first kappa shape index (κ1) is 14.4. The molecule has 2 aromatic rings. The van der Waals surface area contributed by atoms with Gasteiger partial charge in [-0.2, -0.15) is 0 Å². The average molecular weight is 411 g/mol. The highest BCUT2D eigenvalue weighted by Gasteiger charge is 2.20. The van der Waals surface area contributed by atoms with E-state index in [-0.39, 0.29) is 4.83 Å². The summed E-state index contributed by atoms with van der Waals surface area (Å²) in [5.41, 5.74) is 2.17. The summed E-state index contributed by atoms with van der Waals surface area (Å²) in [6.45, 7) is 2.01. The van der Waals surface area contributed by atoms with E-state index < -0.39 is 0 Å². The summed E-state index contributed by atoms with van der Waals surface area (Å²) in [5.74, 6) is 0.849. The van der Waals surface area contributed by atoms with Gasteiger partial charge < -0.3 is 4.74 Å². The van der Waals surface area contributed by atoms with Gasteiger partial charge in [-0.15, -0.1) is 11.3 Å². The summed E-state index contributed by atoms with van der Waals surface area (Å²) in [7, 11) is 1.67. The minimum Gasteiger partial charge on any atom is -0.496 e. The molecule has 1 aromatic heterocycles. The highest BCUT2D eigenvalue weighted by Crippen LogP contribution is 2.44. The van der Waals surface area contributed by atoms with Gasteiger partial charge in [-0.25, -0.2) is 0 Å².